The number of amides is 2. The van der Waals surface area contributed by atoms with Gasteiger partial charge in [-0.1, -0.05) is 24.3 Å². The SMILES string of the molecule is Cc1ccc(NC(=O)C2CC(=O)Nc3nc(N4CCc5ccccc54)[nH]c(=O)c32)c(F)c1. The molecule has 0 spiro atoms. The Morgan fingerprint density at radius 1 is 1.22 bits per heavy atom. The van der Waals surface area contributed by atoms with Crippen LogP contribution < -0.4 is 21.1 Å². The molecule has 2 aliphatic rings. The topological polar surface area (TPSA) is 107 Å². The van der Waals surface area contributed by atoms with E-state index in [4.69, 9.17) is 0 Å². The van der Waals surface area contributed by atoms with Crippen molar-refractivity contribution in [2.45, 2.75) is 25.7 Å². The van der Waals surface area contributed by atoms with Gasteiger partial charge in [0.25, 0.3) is 5.56 Å². The predicted octanol–water partition coefficient (Wildman–Crippen LogP) is 2.98. The van der Waals surface area contributed by atoms with Gasteiger partial charge in [0.1, 0.15) is 11.6 Å². The molecule has 1 unspecified atom stereocenters. The molecule has 3 heterocycles. The molecule has 1 aromatic heterocycles. The zero-order chi connectivity index (χ0) is 22.4. The van der Waals surface area contributed by atoms with Gasteiger partial charge in [-0.15, -0.1) is 0 Å². The van der Waals surface area contributed by atoms with E-state index < -0.39 is 29.1 Å². The number of rotatable bonds is 3. The van der Waals surface area contributed by atoms with Crippen LogP contribution in [-0.2, 0) is 16.0 Å². The maximum absolute atomic E-state index is 14.2. The fraction of sp³-hybridized carbons (Fsp3) is 0.217. The summed E-state index contributed by atoms with van der Waals surface area (Å²) in [6, 6.07) is 12.2. The number of para-hydroxylation sites is 1. The summed E-state index contributed by atoms with van der Waals surface area (Å²) in [5.41, 5.74) is 2.31. The number of hydrogen-bond acceptors (Lipinski definition) is 5. The molecule has 162 valence electrons. The first-order valence-electron chi connectivity index (χ1n) is 10.3. The van der Waals surface area contributed by atoms with Gasteiger partial charge < -0.3 is 15.5 Å². The standard InChI is InChI=1S/C23H20FN5O3/c1-12-6-7-16(15(24)10-12)25-21(31)14-11-18(30)26-20-19(14)22(32)28-23(27-20)29-9-8-13-4-2-3-5-17(13)29/h2-7,10,14H,8-9,11H2,1H3,(H,25,31)(H2,26,27,28,30,32). The number of carbonyl (C=O) groups excluding carboxylic acids is 2. The summed E-state index contributed by atoms with van der Waals surface area (Å²) in [6.07, 6.45) is 0.569. The van der Waals surface area contributed by atoms with Gasteiger partial charge in [0.05, 0.1) is 17.2 Å². The molecule has 2 amide bonds. The van der Waals surface area contributed by atoms with Gasteiger partial charge in [0.15, 0.2) is 0 Å². The zero-order valence-corrected chi connectivity index (χ0v) is 17.2. The van der Waals surface area contributed by atoms with Gasteiger partial charge in [0.2, 0.25) is 17.8 Å². The second-order valence-corrected chi connectivity index (χ2v) is 7.96. The molecule has 1 atom stereocenters. The van der Waals surface area contributed by atoms with Crippen molar-refractivity contribution in [1.82, 2.24) is 9.97 Å². The molecule has 0 aliphatic carbocycles. The molecular formula is C23H20FN5O3. The summed E-state index contributed by atoms with van der Waals surface area (Å²) in [7, 11) is 0. The van der Waals surface area contributed by atoms with Crippen molar-refractivity contribution >= 4 is 35.0 Å². The summed E-state index contributed by atoms with van der Waals surface area (Å²) in [5, 5.41) is 5.10. The Hall–Kier alpha value is -4.01. The monoisotopic (exact) mass is 433 g/mol. The third-order valence-corrected chi connectivity index (χ3v) is 5.78. The first kappa shape index (κ1) is 19.9. The van der Waals surface area contributed by atoms with E-state index in [1.807, 2.05) is 29.2 Å². The Labute approximate surface area is 182 Å². The van der Waals surface area contributed by atoms with Crippen molar-refractivity contribution in [3.63, 3.8) is 0 Å². The summed E-state index contributed by atoms with van der Waals surface area (Å²) in [6.45, 7) is 2.36. The largest absolute Gasteiger partial charge is 0.323 e. The van der Waals surface area contributed by atoms with Crippen LogP contribution in [0.5, 0.6) is 0 Å². The highest BCUT2D eigenvalue weighted by molar-refractivity contribution is 6.04. The third-order valence-electron chi connectivity index (χ3n) is 5.78. The van der Waals surface area contributed by atoms with E-state index in [9.17, 15) is 18.8 Å². The van der Waals surface area contributed by atoms with Crippen LogP contribution in [0.1, 0.15) is 29.0 Å². The van der Waals surface area contributed by atoms with Crippen LogP contribution in [0.2, 0.25) is 0 Å². The lowest BCUT2D eigenvalue weighted by Crippen LogP contribution is -2.37. The van der Waals surface area contributed by atoms with Crippen LogP contribution in [-0.4, -0.2) is 28.3 Å². The number of fused-ring (bicyclic) bond motifs is 2. The Morgan fingerprint density at radius 2 is 2.03 bits per heavy atom. The molecule has 9 heteroatoms. The molecule has 0 saturated heterocycles. The van der Waals surface area contributed by atoms with Gasteiger partial charge in [-0.25, -0.2) is 4.39 Å². The maximum atomic E-state index is 14.2. The molecule has 3 aromatic rings. The second-order valence-electron chi connectivity index (χ2n) is 7.96. The van der Waals surface area contributed by atoms with Crippen LogP contribution >= 0.6 is 0 Å². The average Bonchev–Trinajstić information content (AvgIpc) is 3.19. The Morgan fingerprint density at radius 3 is 2.84 bits per heavy atom. The van der Waals surface area contributed by atoms with E-state index in [0.29, 0.717) is 18.1 Å². The average molecular weight is 433 g/mol. The van der Waals surface area contributed by atoms with Crippen LogP contribution in [0.25, 0.3) is 0 Å². The molecule has 5 rings (SSSR count). The van der Waals surface area contributed by atoms with Crippen LogP contribution in [0.15, 0.2) is 47.3 Å². The van der Waals surface area contributed by atoms with Crippen molar-refractivity contribution in [2.24, 2.45) is 0 Å². The minimum Gasteiger partial charge on any atom is -0.323 e. The number of H-pyrrole nitrogens is 1. The van der Waals surface area contributed by atoms with E-state index in [-0.39, 0.29) is 23.5 Å². The molecular weight excluding hydrogens is 413 g/mol. The van der Waals surface area contributed by atoms with Gasteiger partial charge >= 0.3 is 0 Å². The van der Waals surface area contributed by atoms with Crippen molar-refractivity contribution in [1.29, 1.82) is 0 Å². The number of anilines is 4. The molecule has 2 aromatic carbocycles. The maximum Gasteiger partial charge on any atom is 0.258 e. The quantitative estimate of drug-likeness (QED) is 0.589. The van der Waals surface area contributed by atoms with Crippen LogP contribution in [0.3, 0.4) is 0 Å². The molecule has 32 heavy (non-hydrogen) atoms. The van der Waals surface area contributed by atoms with Gasteiger partial charge in [-0.05, 0) is 42.7 Å². The van der Waals surface area contributed by atoms with E-state index in [2.05, 4.69) is 20.6 Å². The molecule has 0 radical (unpaired) electrons. The summed E-state index contributed by atoms with van der Waals surface area (Å²) in [4.78, 5) is 47.3. The smallest absolute Gasteiger partial charge is 0.258 e. The molecule has 0 fully saturated rings. The van der Waals surface area contributed by atoms with E-state index >= 15 is 0 Å². The number of aromatic nitrogens is 2. The van der Waals surface area contributed by atoms with Crippen molar-refractivity contribution in [3.05, 3.63) is 75.3 Å². The highest BCUT2D eigenvalue weighted by atomic mass is 19.1. The molecule has 2 aliphatic heterocycles. The molecule has 0 bridgehead atoms. The van der Waals surface area contributed by atoms with Crippen LogP contribution in [0, 0.1) is 12.7 Å². The number of nitrogens with zero attached hydrogens (tertiary/aromatic N) is 2. The second kappa shape index (κ2) is 7.60. The summed E-state index contributed by atoms with van der Waals surface area (Å²) < 4.78 is 14.2. The molecule has 0 saturated carbocycles. The molecule has 3 N–H and O–H groups in total. The first-order chi connectivity index (χ1) is 15.4. The third kappa shape index (κ3) is 3.41. The van der Waals surface area contributed by atoms with E-state index in [0.717, 1.165) is 17.7 Å². The lowest BCUT2D eigenvalue weighted by atomic mass is 9.92. The van der Waals surface area contributed by atoms with Gasteiger partial charge in [-0.3, -0.25) is 19.4 Å². The number of benzene rings is 2. The predicted molar refractivity (Wildman–Crippen MR) is 118 cm³/mol. The number of nitrogens with one attached hydrogen (secondary N) is 3. The Kier molecular flexibility index (Phi) is 4.73. The van der Waals surface area contributed by atoms with Crippen molar-refractivity contribution in [3.8, 4) is 0 Å². The highest BCUT2D eigenvalue weighted by Gasteiger charge is 2.36. The lowest BCUT2D eigenvalue weighted by Gasteiger charge is -2.25. The minimum absolute atomic E-state index is 0.0113. The number of aromatic amines is 1. The number of hydrogen-bond donors (Lipinski definition) is 3. The fourth-order valence-corrected chi connectivity index (χ4v) is 4.21. The van der Waals surface area contributed by atoms with Crippen LogP contribution in [0.4, 0.5) is 27.5 Å². The summed E-state index contributed by atoms with van der Waals surface area (Å²) >= 11 is 0. The van der Waals surface area contributed by atoms with Crippen molar-refractivity contribution < 1.29 is 14.0 Å². The molecule has 8 nitrogen and oxygen atoms in total. The summed E-state index contributed by atoms with van der Waals surface area (Å²) in [5.74, 6) is -2.41. The van der Waals surface area contributed by atoms with Gasteiger partial charge in [0, 0.05) is 18.7 Å². The first-order valence-corrected chi connectivity index (χ1v) is 10.3. The van der Waals surface area contributed by atoms with Gasteiger partial charge in [-0.2, -0.15) is 4.98 Å². The number of aryl methyl sites for hydroxylation is 1. The minimum atomic E-state index is -1.09. The highest BCUT2D eigenvalue weighted by Crippen LogP contribution is 2.35. The van der Waals surface area contributed by atoms with Crippen molar-refractivity contribution in [2.75, 3.05) is 22.1 Å². The normalized spacial score (nSPS) is 16.9. The van der Waals surface area contributed by atoms with E-state index in [1.165, 1.54) is 12.1 Å². The Bertz CT molecular complexity index is 1320. The zero-order valence-electron chi connectivity index (χ0n) is 17.2. The van der Waals surface area contributed by atoms with E-state index in [1.54, 1.807) is 13.0 Å². The fourth-order valence-electron chi connectivity index (χ4n) is 4.21. The Balaban J connectivity index is 1.50. The lowest BCUT2D eigenvalue weighted by molar-refractivity contribution is -0.123. The number of carbonyl (C=O) groups is 2. The number of halogens is 1.